The van der Waals surface area contributed by atoms with Crippen molar-refractivity contribution >= 4 is 32.7 Å². The number of ether oxygens (including phenoxy) is 2. The summed E-state index contributed by atoms with van der Waals surface area (Å²) >= 11 is 0. The van der Waals surface area contributed by atoms with Crippen LogP contribution in [0.4, 0.5) is 0 Å². The van der Waals surface area contributed by atoms with E-state index >= 15 is 4.79 Å². The summed E-state index contributed by atoms with van der Waals surface area (Å²) in [6.45, 7) is 11.8. The number of rotatable bonds is 10. The Morgan fingerprint density at radius 2 is 1.70 bits per heavy atom. The largest absolute Gasteiger partial charge is 0.497 e. The first kappa shape index (κ1) is 35.3. The maximum absolute atomic E-state index is 15.3. The van der Waals surface area contributed by atoms with Gasteiger partial charge in [0.1, 0.15) is 5.75 Å². The lowest BCUT2D eigenvalue weighted by molar-refractivity contribution is -0.137. The minimum Gasteiger partial charge on any atom is -0.497 e. The van der Waals surface area contributed by atoms with Gasteiger partial charge >= 0.3 is 0 Å². The summed E-state index contributed by atoms with van der Waals surface area (Å²) in [5.41, 5.74) is 5.71. The number of amides is 2. The van der Waals surface area contributed by atoms with Gasteiger partial charge in [-0.2, -0.15) is 0 Å². The van der Waals surface area contributed by atoms with Crippen LogP contribution in [-0.4, -0.2) is 92.9 Å². The normalized spacial score (nSPS) is 29.2. The molecule has 2 amide bonds. The minimum absolute atomic E-state index is 0.0627. The summed E-state index contributed by atoms with van der Waals surface area (Å²) in [7, 11) is -2.11. The maximum atomic E-state index is 15.3. The lowest BCUT2D eigenvalue weighted by Gasteiger charge is -2.48. The number of hydrogen-bond acceptors (Lipinski definition) is 7. The van der Waals surface area contributed by atoms with E-state index in [1.54, 1.807) is 27.0 Å². The number of fused-ring (bicyclic) bond motifs is 7. The fourth-order valence-electron chi connectivity index (χ4n) is 11.3. The molecule has 3 aliphatic carbocycles. The van der Waals surface area contributed by atoms with Crippen molar-refractivity contribution in [3.8, 4) is 17.0 Å². The minimum atomic E-state index is -3.81. The van der Waals surface area contributed by atoms with Crippen molar-refractivity contribution in [2.24, 2.45) is 16.2 Å². The second-order valence-electron chi connectivity index (χ2n) is 17.4. The Hall–Kier alpha value is -3.41. The third-order valence-corrected chi connectivity index (χ3v) is 16.1. The van der Waals surface area contributed by atoms with Crippen molar-refractivity contribution in [1.29, 1.82) is 0 Å². The number of sulfonamides is 1. The molecule has 6 aliphatic rings. The molecule has 284 valence electrons. The van der Waals surface area contributed by atoms with E-state index in [0.29, 0.717) is 18.0 Å². The van der Waals surface area contributed by atoms with Crippen molar-refractivity contribution in [3.63, 3.8) is 0 Å². The van der Waals surface area contributed by atoms with Crippen LogP contribution in [0.3, 0.4) is 0 Å². The third-order valence-electron chi connectivity index (χ3n) is 14.4. The summed E-state index contributed by atoms with van der Waals surface area (Å²) in [6.07, 6.45) is 8.89. The molecule has 1 N–H and O–H groups in total. The monoisotopic (exact) mass is 742 g/mol. The van der Waals surface area contributed by atoms with Crippen LogP contribution in [-0.2, 0) is 26.1 Å². The molecule has 9 rings (SSSR count). The van der Waals surface area contributed by atoms with Crippen molar-refractivity contribution in [2.75, 3.05) is 53.0 Å². The van der Waals surface area contributed by atoms with Crippen LogP contribution < -0.4 is 9.46 Å². The summed E-state index contributed by atoms with van der Waals surface area (Å²) in [6, 6.07) is 12.0. The van der Waals surface area contributed by atoms with Crippen molar-refractivity contribution in [2.45, 2.75) is 95.8 Å². The zero-order valence-corrected chi connectivity index (χ0v) is 32.5. The third kappa shape index (κ3) is 5.34. The van der Waals surface area contributed by atoms with Gasteiger partial charge < -0.3 is 18.9 Å². The van der Waals surface area contributed by atoms with Gasteiger partial charge in [0.05, 0.1) is 30.1 Å². The number of methoxy groups -OCH3 is 1. The average Bonchev–Trinajstić information content (AvgIpc) is 3.69. The van der Waals surface area contributed by atoms with Crippen molar-refractivity contribution in [1.82, 2.24) is 19.1 Å². The number of benzene rings is 2. The summed E-state index contributed by atoms with van der Waals surface area (Å²) < 4.78 is 41.6. The molecule has 11 heteroatoms. The summed E-state index contributed by atoms with van der Waals surface area (Å²) in [4.78, 5) is 33.6. The molecule has 4 atom stereocenters. The van der Waals surface area contributed by atoms with E-state index in [0.717, 1.165) is 93.1 Å². The van der Waals surface area contributed by atoms with Crippen LogP contribution >= 0.6 is 0 Å². The fourth-order valence-corrected chi connectivity index (χ4v) is 11.9. The smallest absolute Gasteiger partial charge is 0.264 e. The molecule has 0 spiro atoms. The zero-order valence-electron chi connectivity index (χ0n) is 31.7. The Labute approximate surface area is 313 Å². The first-order valence-electron chi connectivity index (χ1n) is 19.9. The number of nitrogens with zero attached hydrogens (tertiary/aromatic N) is 3. The predicted octanol–water partition coefficient (Wildman–Crippen LogP) is 6.28. The molecule has 4 heterocycles. The van der Waals surface area contributed by atoms with Gasteiger partial charge in [-0.25, -0.2) is 13.1 Å². The molecule has 3 aliphatic heterocycles. The predicted molar refractivity (Wildman–Crippen MR) is 205 cm³/mol. The second kappa shape index (κ2) is 12.6. The highest BCUT2D eigenvalue weighted by atomic mass is 32.2. The number of likely N-dealkylation sites (tertiary alicyclic amines) is 2. The Bertz CT molecular complexity index is 2080. The van der Waals surface area contributed by atoms with Crippen LogP contribution in [0.1, 0.15) is 105 Å². The van der Waals surface area contributed by atoms with Crippen molar-refractivity contribution in [3.05, 3.63) is 53.1 Å². The van der Waals surface area contributed by atoms with E-state index in [2.05, 4.69) is 31.2 Å². The van der Waals surface area contributed by atoms with Crippen LogP contribution in [0.25, 0.3) is 22.2 Å². The molecular weight excluding hydrogens is 689 g/mol. The fraction of sp³-hybridized carbons (Fsp3) is 0.619. The number of hydrogen-bond donors (Lipinski definition) is 1. The van der Waals surface area contributed by atoms with Crippen LogP contribution in [0, 0.1) is 16.2 Å². The molecule has 3 saturated carbocycles. The van der Waals surface area contributed by atoms with Gasteiger partial charge in [0, 0.05) is 84.7 Å². The van der Waals surface area contributed by atoms with Crippen LogP contribution in [0.5, 0.6) is 5.75 Å². The molecule has 2 aromatic carbocycles. The van der Waals surface area contributed by atoms with Gasteiger partial charge in [-0.15, -0.1) is 0 Å². The lowest BCUT2D eigenvalue weighted by Crippen LogP contribution is -2.49. The van der Waals surface area contributed by atoms with Gasteiger partial charge in [0.2, 0.25) is 15.9 Å². The highest BCUT2D eigenvalue weighted by Crippen LogP contribution is 2.69. The number of carbonyl (C=O) groups excluding carboxylic acids is 2. The summed E-state index contributed by atoms with van der Waals surface area (Å²) in [5, 5.41) is 0.360. The molecule has 3 aromatic rings. The van der Waals surface area contributed by atoms with Gasteiger partial charge in [-0.1, -0.05) is 25.3 Å². The summed E-state index contributed by atoms with van der Waals surface area (Å²) in [5.74, 6) is 0.851. The highest BCUT2D eigenvalue weighted by molar-refractivity contribution is 7.90. The molecule has 53 heavy (non-hydrogen) atoms. The SMILES string of the molecule is CCOCCN1CC23CCC2(C1)CN(C(=O)[C@]12C[C@H]1c1cc(OC)ccc1-c1c(C4CCCCC4)c4ccc(C(=O)NS(=O)(=O)C(C)C)cc4n1C2)C3. The second-order valence-corrected chi connectivity index (χ2v) is 19.7. The van der Waals surface area contributed by atoms with Gasteiger partial charge in [0.25, 0.3) is 5.91 Å². The average molecular weight is 743 g/mol. The molecule has 2 unspecified atom stereocenters. The number of aromatic nitrogens is 1. The lowest BCUT2D eigenvalue weighted by atomic mass is 9.53. The Morgan fingerprint density at radius 3 is 2.36 bits per heavy atom. The Balaban J connectivity index is 1.14. The molecule has 5 fully saturated rings. The van der Waals surface area contributed by atoms with E-state index in [1.165, 1.54) is 43.2 Å². The van der Waals surface area contributed by atoms with Gasteiger partial charge in [-0.05, 0) is 100 Å². The van der Waals surface area contributed by atoms with E-state index in [4.69, 9.17) is 9.47 Å². The van der Waals surface area contributed by atoms with Crippen molar-refractivity contribution < 1.29 is 27.5 Å². The standard InChI is InChI=1S/C42H54N4O6S/c1-5-52-18-17-44-22-40-15-16-41(40,23-44)25-45(24-40)39(48)42-21-34(42)33-20-30(51-4)12-14-31(33)37-36(28-9-7-6-8-10-28)32-13-11-29(19-35(32)46(37)26-42)38(47)43-53(49,50)27(2)3/h11-14,19-20,27-28,34H,5-10,15-18,21-26H2,1-4H3,(H,43,47)/t34-,40?,41?,42-/m0/s1. The molecule has 0 bridgehead atoms. The van der Waals surface area contributed by atoms with Crippen LogP contribution in [0.15, 0.2) is 36.4 Å². The van der Waals surface area contributed by atoms with E-state index in [9.17, 15) is 13.2 Å². The molecule has 0 radical (unpaired) electrons. The number of carbonyl (C=O) groups is 2. The van der Waals surface area contributed by atoms with E-state index in [1.807, 2.05) is 25.1 Å². The molecular formula is C42H54N4O6S. The van der Waals surface area contributed by atoms with E-state index in [-0.39, 0.29) is 22.7 Å². The quantitative estimate of drug-likeness (QED) is 0.244. The first-order chi connectivity index (χ1) is 25.4. The Morgan fingerprint density at radius 1 is 0.962 bits per heavy atom. The van der Waals surface area contributed by atoms with Gasteiger partial charge in [-0.3, -0.25) is 14.5 Å². The maximum Gasteiger partial charge on any atom is 0.264 e. The Kier molecular flexibility index (Phi) is 8.37. The van der Waals surface area contributed by atoms with E-state index < -0.39 is 26.6 Å². The number of nitrogens with one attached hydrogen (secondary N) is 1. The topological polar surface area (TPSA) is 110 Å². The molecule has 1 aromatic heterocycles. The highest BCUT2D eigenvalue weighted by Gasteiger charge is 2.71. The van der Waals surface area contributed by atoms with Gasteiger partial charge in [0.15, 0.2) is 0 Å². The van der Waals surface area contributed by atoms with Crippen LogP contribution in [0.2, 0.25) is 0 Å². The first-order valence-corrected chi connectivity index (χ1v) is 21.5. The zero-order chi connectivity index (χ0) is 36.9. The molecule has 10 nitrogen and oxygen atoms in total. The molecule has 2 saturated heterocycles.